The van der Waals surface area contributed by atoms with Crippen molar-refractivity contribution < 1.29 is 40.2 Å². The highest BCUT2D eigenvalue weighted by atomic mass is 16.3. The third kappa shape index (κ3) is 3.62. The number of hydrogen-bond acceptors (Lipinski definition) is 8. The molecule has 0 radical (unpaired) electrons. The Kier molecular flexibility index (Phi) is 6.08. The first-order valence-corrected chi connectivity index (χ1v) is 12.9. The Labute approximate surface area is 207 Å². The number of ketones is 2. The second-order valence-corrected chi connectivity index (χ2v) is 13.1. The second-order valence-electron chi connectivity index (χ2n) is 13.1. The molecule has 4 aliphatic carbocycles. The summed E-state index contributed by atoms with van der Waals surface area (Å²) in [5.41, 5.74) is -7.49. The van der Waals surface area contributed by atoms with E-state index in [-0.39, 0.29) is 43.8 Å². The van der Waals surface area contributed by atoms with Crippen LogP contribution in [-0.4, -0.2) is 76.8 Å². The van der Waals surface area contributed by atoms with Crippen molar-refractivity contribution in [2.24, 2.45) is 22.7 Å². The summed E-state index contributed by atoms with van der Waals surface area (Å²) in [6.45, 7) is 8.34. The first-order chi connectivity index (χ1) is 15.8. The van der Waals surface area contributed by atoms with Gasteiger partial charge in [0.15, 0.2) is 11.6 Å². The Bertz CT molecular complexity index is 949. The average molecular weight is 495 g/mol. The number of carbonyl (C=O) groups excluding carboxylic acids is 2. The highest BCUT2D eigenvalue weighted by molar-refractivity contribution is 6.00. The lowest BCUT2D eigenvalue weighted by Gasteiger charge is -2.62. The number of Topliss-reactive ketones (excluding diaryl/α,β-unsaturated/α-hetero) is 1. The molecular formula is C27H42O8. The second kappa shape index (κ2) is 7.92. The molecule has 0 spiro atoms. The third-order valence-electron chi connectivity index (χ3n) is 10.5. The molecule has 9 atom stereocenters. The van der Waals surface area contributed by atoms with Crippen molar-refractivity contribution in [1.29, 1.82) is 0 Å². The lowest BCUT2D eigenvalue weighted by molar-refractivity contribution is -0.209. The Morgan fingerprint density at radius 2 is 1.57 bits per heavy atom. The number of aliphatic hydroxyl groups excluding tert-OH is 2. The van der Waals surface area contributed by atoms with Crippen LogP contribution in [0.3, 0.4) is 0 Å². The van der Waals surface area contributed by atoms with Crippen LogP contribution in [0.4, 0.5) is 0 Å². The van der Waals surface area contributed by atoms with E-state index >= 15 is 0 Å². The molecule has 0 amide bonds. The molecule has 0 bridgehead atoms. The molecule has 8 heteroatoms. The lowest BCUT2D eigenvalue weighted by atomic mass is 9.44. The Hall–Kier alpha value is -1.16. The first-order valence-electron chi connectivity index (χ1n) is 12.9. The molecule has 0 heterocycles. The van der Waals surface area contributed by atoms with E-state index in [4.69, 9.17) is 0 Å². The summed E-state index contributed by atoms with van der Waals surface area (Å²) in [7, 11) is 0. The van der Waals surface area contributed by atoms with Gasteiger partial charge >= 0.3 is 0 Å². The minimum absolute atomic E-state index is 0.0105. The number of fused-ring (bicyclic) bond motifs is 5. The molecule has 4 rings (SSSR count). The first kappa shape index (κ1) is 26.9. The molecule has 35 heavy (non-hydrogen) atoms. The van der Waals surface area contributed by atoms with Gasteiger partial charge in [0.25, 0.3) is 0 Å². The van der Waals surface area contributed by atoms with Gasteiger partial charge in [-0.15, -0.1) is 0 Å². The van der Waals surface area contributed by atoms with E-state index in [2.05, 4.69) is 0 Å². The maximum absolute atomic E-state index is 13.3. The zero-order valence-electron chi connectivity index (χ0n) is 21.5. The molecule has 8 nitrogen and oxygen atoms in total. The highest BCUT2D eigenvalue weighted by Gasteiger charge is 2.71. The van der Waals surface area contributed by atoms with Crippen LogP contribution in [0.15, 0.2) is 11.6 Å². The minimum atomic E-state index is -1.83. The van der Waals surface area contributed by atoms with E-state index in [1.807, 2.05) is 6.92 Å². The van der Waals surface area contributed by atoms with Gasteiger partial charge in [0.05, 0.1) is 23.4 Å². The van der Waals surface area contributed by atoms with E-state index < -0.39 is 57.1 Å². The van der Waals surface area contributed by atoms with Crippen molar-refractivity contribution in [2.75, 3.05) is 0 Å². The van der Waals surface area contributed by atoms with Crippen LogP contribution >= 0.6 is 0 Å². The van der Waals surface area contributed by atoms with Crippen molar-refractivity contribution in [3.05, 3.63) is 11.6 Å². The fourth-order valence-electron chi connectivity index (χ4n) is 8.12. The van der Waals surface area contributed by atoms with E-state index in [0.717, 1.165) is 0 Å². The summed E-state index contributed by atoms with van der Waals surface area (Å²) >= 11 is 0. The summed E-state index contributed by atoms with van der Waals surface area (Å²) in [5, 5.41) is 65.8. The van der Waals surface area contributed by atoms with Gasteiger partial charge in [-0.3, -0.25) is 9.59 Å². The van der Waals surface area contributed by atoms with Crippen LogP contribution in [-0.2, 0) is 9.59 Å². The van der Waals surface area contributed by atoms with Crippen LogP contribution in [0.1, 0.15) is 86.0 Å². The predicted octanol–water partition coefficient (Wildman–Crippen LogP) is 1.18. The van der Waals surface area contributed by atoms with Crippen LogP contribution in [0.25, 0.3) is 0 Å². The summed E-state index contributed by atoms with van der Waals surface area (Å²) in [4.78, 5) is 26.4. The molecule has 0 saturated heterocycles. The zero-order chi connectivity index (χ0) is 26.4. The standard InChI is InChI=1S/C27H42O8/c1-22(2,32)9-8-20(30)25(5,33)19-7-11-26(34)16-12-21(31)27(35)14-18(29)17(28)13-24(27,4)15(16)6-10-23(19,26)3/h12,15,17-19,28-29,32-35H,6-11,13-14H2,1-5H3/t15-,17-,18+,19-,23+,24+,25+,26+,27+/m0/s1. The molecule has 0 aromatic rings. The molecule has 3 saturated carbocycles. The fourth-order valence-corrected chi connectivity index (χ4v) is 8.12. The van der Waals surface area contributed by atoms with E-state index in [9.17, 15) is 40.2 Å². The third-order valence-corrected chi connectivity index (χ3v) is 10.5. The molecule has 0 unspecified atom stereocenters. The van der Waals surface area contributed by atoms with Gasteiger partial charge in [-0.1, -0.05) is 13.8 Å². The van der Waals surface area contributed by atoms with Crippen molar-refractivity contribution in [3.8, 4) is 0 Å². The van der Waals surface area contributed by atoms with Gasteiger partial charge in [-0.25, -0.2) is 0 Å². The molecule has 0 aromatic carbocycles. The number of aliphatic hydroxyl groups is 6. The van der Waals surface area contributed by atoms with Gasteiger partial charge in [-0.2, -0.15) is 0 Å². The maximum Gasteiger partial charge on any atom is 0.187 e. The number of carbonyl (C=O) groups is 2. The minimum Gasteiger partial charge on any atom is -0.390 e. The number of rotatable bonds is 5. The largest absolute Gasteiger partial charge is 0.390 e. The van der Waals surface area contributed by atoms with Crippen molar-refractivity contribution in [3.63, 3.8) is 0 Å². The van der Waals surface area contributed by atoms with Gasteiger partial charge in [-0.05, 0) is 76.9 Å². The van der Waals surface area contributed by atoms with Gasteiger partial charge < -0.3 is 30.6 Å². The van der Waals surface area contributed by atoms with Gasteiger partial charge in [0.1, 0.15) is 11.2 Å². The van der Waals surface area contributed by atoms with Gasteiger partial charge in [0.2, 0.25) is 0 Å². The molecule has 198 valence electrons. The molecular weight excluding hydrogens is 452 g/mol. The van der Waals surface area contributed by atoms with Crippen molar-refractivity contribution in [2.45, 2.75) is 121 Å². The van der Waals surface area contributed by atoms with E-state index in [1.165, 1.54) is 13.0 Å². The molecule has 0 aromatic heterocycles. The van der Waals surface area contributed by atoms with E-state index in [1.54, 1.807) is 20.8 Å². The van der Waals surface area contributed by atoms with Crippen LogP contribution in [0, 0.1) is 22.7 Å². The predicted molar refractivity (Wildman–Crippen MR) is 127 cm³/mol. The topological polar surface area (TPSA) is 156 Å². The van der Waals surface area contributed by atoms with Crippen LogP contribution in [0.5, 0.6) is 0 Å². The molecule has 0 aliphatic heterocycles. The summed E-state index contributed by atoms with van der Waals surface area (Å²) < 4.78 is 0. The van der Waals surface area contributed by atoms with E-state index in [0.29, 0.717) is 24.8 Å². The number of hydrogen-bond donors (Lipinski definition) is 6. The zero-order valence-corrected chi connectivity index (χ0v) is 21.5. The van der Waals surface area contributed by atoms with Crippen LogP contribution < -0.4 is 0 Å². The fraction of sp³-hybridized carbons (Fsp3) is 0.852. The van der Waals surface area contributed by atoms with Gasteiger partial charge in [0, 0.05) is 29.6 Å². The quantitative estimate of drug-likeness (QED) is 0.333. The highest BCUT2D eigenvalue weighted by Crippen LogP contribution is 2.69. The average Bonchev–Trinajstić information content (AvgIpc) is 3.01. The molecule has 6 N–H and O–H groups in total. The van der Waals surface area contributed by atoms with Crippen molar-refractivity contribution in [1.82, 2.24) is 0 Å². The monoisotopic (exact) mass is 494 g/mol. The molecule has 4 aliphatic rings. The summed E-state index contributed by atoms with van der Waals surface area (Å²) in [5.74, 6) is -1.90. The van der Waals surface area contributed by atoms with Crippen LogP contribution in [0.2, 0.25) is 0 Å². The Morgan fingerprint density at radius 3 is 2.17 bits per heavy atom. The molecule has 3 fully saturated rings. The maximum atomic E-state index is 13.3. The Morgan fingerprint density at radius 1 is 0.971 bits per heavy atom. The Balaban J connectivity index is 1.70. The summed E-state index contributed by atoms with van der Waals surface area (Å²) in [6, 6.07) is 0. The summed E-state index contributed by atoms with van der Waals surface area (Å²) in [6.07, 6.45) is 0.654. The SMILES string of the molecule is CC(C)(O)CCC(=O)[C@](C)(O)[C@H]1CC[C@@]2(O)C3=CC(=O)[C@]4(O)C[C@@H](O)[C@@H](O)C[C@]4(C)[C@H]3CC[C@]12C. The lowest BCUT2D eigenvalue weighted by Crippen LogP contribution is -2.69. The smallest absolute Gasteiger partial charge is 0.187 e. The normalized spacial score (nSPS) is 47.3. The van der Waals surface area contributed by atoms with Crippen molar-refractivity contribution >= 4 is 11.6 Å².